The van der Waals surface area contributed by atoms with Gasteiger partial charge in [0.15, 0.2) is 5.82 Å². The highest BCUT2D eigenvalue weighted by molar-refractivity contribution is 6.01. The molecule has 0 aliphatic carbocycles. The predicted octanol–water partition coefficient (Wildman–Crippen LogP) is 5.30. The number of hydrogen-bond donors (Lipinski definition) is 1. The summed E-state index contributed by atoms with van der Waals surface area (Å²) in [6, 6.07) is 14.2. The molecule has 0 atom stereocenters. The Balaban J connectivity index is 1.71. The van der Waals surface area contributed by atoms with Crippen molar-refractivity contribution < 1.29 is 14.3 Å². The molecule has 0 unspecified atom stereocenters. The smallest absolute Gasteiger partial charge is 0.246 e. The minimum atomic E-state index is -0.521. The lowest BCUT2D eigenvalue weighted by Crippen LogP contribution is -2.48. The summed E-state index contributed by atoms with van der Waals surface area (Å²) in [4.78, 5) is 20.8. The van der Waals surface area contributed by atoms with Gasteiger partial charge in [-0.25, -0.2) is 9.37 Å². The summed E-state index contributed by atoms with van der Waals surface area (Å²) >= 11 is 0. The molecule has 1 N–H and O–H groups in total. The Hall–Kier alpha value is -4.33. The van der Waals surface area contributed by atoms with Gasteiger partial charge in [0.25, 0.3) is 0 Å². The second-order valence-corrected chi connectivity index (χ2v) is 9.45. The van der Waals surface area contributed by atoms with Crippen LogP contribution in [0.2, 0.25) is 0 Å². The number of carbonyl (C=O) groups is 1. The third kappa shape index (κ3) is 4.58. The van der Waals surface area contributed by atoms with E-state index in [9.17, 15) is 14.3 Å². The van der Waals surface area contributed by atoms with Gasteiger partial charge in [0.1, 0.15) is 22.8 Å². The number of piperazine rings is 1. The number of phenolic OH excluding ortho intramolecular Hbond substituents is 1. The van der Waals surface area contributed by atoms with Gasteiger partial charge in [-0.2, -0.15) is 0 Å². The van der Waals surface area contributed by atoms with Crippen LogP contribution >= 0.6 is 0 Å². The second-order valence-electron chi connectivity index (χ2n) is 9.45. The number of nitrogens with zero attached hydrogens (tertiary/aromatic N) is 5. The zero-order valence-electron chi connectivity index (χ0n) is 21.6. The van der Waals surface area contributed by atoms with E-state index in [0.29, 0.717) is 54.5 Å². The van der Waals surface area contributed by atoms with Crippen LogP contribution < -0.4 is 4.90 Å². The molecule has 0 saturated carbocycles. The first-order chi connectivity index (χ1) is 18.4. The monoisotopic (exact) mass is 511 g/mol. The SMILES string of the molecule is C=CC(=O)N1CCN(c2nnc(-c3ccccc3CCC)c3cc(-c4c(O)cccc4F)c(C)nc23)CC1. The van der Waals surface area contributed by atoms with E-state index in [2.05, 4.69) is 29.6 Å². The molecule has 1 amide bonds. The maximum Gasteiger partial charge on any atom is 0.246 e. The van der Waals surface area contributed by atoms with Gasteiger partial charge in [0.2, 0.25) is 5.91 Å². The van der Waals surface area contributed by atoms with Gasteiger partial charge < -0.3 is 14.9 Å². The molecule has 194 valence electrons. The highest BCUT2D eigenvalue weighted by atomic mass is 19.1. The molecule has 4 aromatic rings. The van der Waals surface area contributed by atoms with Gasteiger partial charge in [-0.1, -0.05) is 50.3 Å². The summed E-state index contributed by atoms with van der Waals surface area (Å²) in [7, 11) is 0. The molecule has 2 aromatic carbocycles. The molecule has 1 aliphatic heterocycles. The number of pyridine rings is 1. The molecule has 5 rings (SSSR count). The van der Waals surface area contributed by atoms with Gasteiger partial charge in [0, 0.05) is 48.4 Å². The molecule has 0 spiro atoms. The molecule has 7 nitrogen and oxygen atoms in total. The van der Waals surface area contributed by atoms with Crippen molar-refractivity contribution in [1.82, 2.24) is 20.1 Å². The number of hydrogen-bond acceptors (Lipinski definition) is 6. The van der Waals surface area contributed by atoms with E-state index in [4.69, 9.17) is 10.1 Å². The summed E-state index contributed by atoms with van der Waals surface area (Å²) in [6.45, 7) is 9.74. The number of aryl methyl sites for hydroxylation is 2. The lowest BCUT2D eigenvalue weighted by atomic mass is 9.95. The predicted molar refractivity (Wildman–Crippen MR) is 148 cm³/mol. The zero-order valence-corrected chi connectivity index (χ0v) is 21.6. The van der Waals surface area contributed by atoms with Crippen molar-refractivity contribution in [2.45, 2.75) is 26.7 Å². The average molecular weight is 512 g/mol. The van der Waals surface area contributed by atoms with Crippen LogP contribution in [0.5, 0.6) is 5.75 Å². The molecule has 1 saturated heterocycles. The van der Waals surface area contributed by atoms with Crippen LogP contribution in [-0.2, 0) is 11.2 Å². The van der Waals surface area contributed by atoms with Crippen LogP contribution in [-0.4, -0.2) is 57.3 Å². The van der Waals surface area contributed by atoms with E-state index in [1.807, 2.05) is 24.3 Å². The number of carbonyl (C=O) groups excluding carboxylic acids is 1. The number of rotatable bonds is 6. The Bertz CT molecular complexity index is 1510. The fraction of sp³-hybridized carbons (Fsp3) is 0.267. The first kappa shape index (κ1) is 25.3. The van der Waals surface area contributed by atoms with Crippen LogP contribution in [0.3, 0.4) is 0 Å². The van der Waals surface area contributed by atoms with Crippen molar-refractivity contribution in [3.05, 3.63) is 78.3 Å². The lowest BCUT2D eigenvalue weighted by Gasteiger charge is -2.35. The standard InChI is InChI=1S/C30H30FN5O2/c1-4-9-20-10-6-7-11-21(20)28-23-18-22(27-24(31)12-8-13-25(27)37)19(3)32-29(23)30(34-33-28)36-16-14-35(15-17-36)26(38)5-2/h5-8,10-13,18,37H,2,4,9,14-17H2,1,3H3. The largest absolute Gasteiger partial charge is 0.507 e. The van der Waals surface area contributed by atoms with Gasteiger partial charge >= 0.3 is 0 Å². The van der Waals surface area contributed by atoms with Crippen molar-refractivity contribution in [3.63, 3.8) is 0 Å². The molecule has 2 aromatic heterocycles. The molecular weight excluding hydrogens is 481 g/mol. The molecule has 0 bridgehead atoms. The summed E-state index contributed by atoms with van der Waals surface area (Å²) in [5, 5.41) is 20.6. The number of amides is 1. The highest BCUT2D eigenvalue weighted by Crippen LogP contribution is 2.39. The molecular formula is C30H30FN5O2. The second kappa shape index (κ2) is 10.6. The average Bonchev–Trinajstić information content (AvgIpc) is 2.93. The number of phenols is 1. The van der Waals surface area contributed by atoms with Crippen LogP contribution in [0.4, 0.5) is 10.2 Å². The van der Waals surface area contributed by atoms with Crippen LogP contribution in [0.1, 0.15) is 24.6 Å². The van der Waals surface area contributed by atoms with Crippen molar-refractivity contribution >= 4 is 22.6 Å². The first-order valence-electron chi connectivity index (χ1n) is 12.8. The van der Waals surface area contributed by atoms with Crippen LogP contribution in [0.15, 0.2) is 61.2 Å². The molecule has 0 radical (unpaired) electrons. The topological polar surface area (TPSA) is 82.5 Å². The zero-order chi connectivity index (χ0) is 26.8. The Labute approximate surface area is 221 Å². The Kier molecular flexibility index (Phi) is 7.05. The number of anilines is 1. The summed E-state index contributed by atoms with van der Waals surface area (Å²) < 4.78 is 14.9. The maximum atomic E-state index is 14.9. The third-order valence-corrected chi connectivity index (χ3v) is 7.04. The molecule has 1 aliphatic rings. The number of fused-ring (bicyclic) bond motifs is 1. The van der Waals surface area contributed by atoms with Crippen molar-refractivity contribution in [1.29, 1.82) is 0 Å². The number of benzene rings is 2. The molecule has 3 heterocycles. The van der Waals surface area contributed by atoms with Gasteiger partial charge in [-0.15, -0.1) is 10.2 Å². The highest BCUT2D eigenvalue weighted by Gasteiger charge is 2.26. The lowest BCUT2D eigenvalue weighted by molar-refractivity contribution is -0.126. The molecule has 8 heteroatoms. The number of aromatic nitrogens is 3. The van der Waals surface area contributed by atoms with E-state index >= 15 is 0 Å². The van der Waals surface area contributed by atoms with Gasteiger partial charge in [-0.3, -0.25) is 4.79 Å². The summed E-state index contributed by atoms with van der Waals surface area (Å²) in [5.41, 5.74) is 4.60. The van der Waals surface area contributed by atoms with Crippen molar-refractivity contribution in [2.24, 2.45) is 0 Å². The van der Waals surface area contributed by atoms with E-state index < -0.39 is 5.82 Å². The van der Waals surface area contributed by atoms with Crippen LogP contribution in [0, 0.1) is 12.7 Å². The van der Waals surface area contributed by atoms with E-state index in [0.717, 1.165) is 29.4 Å². The fourth-order valence-corrected chi connectivity index (χ4v) is 5.11. The number of aromatic hydroxyl groups is 1. The number of halogens is 1. The normalized spacial score (nSPS) is 13.7. The van der Waals surface area contributed by atoms with Crippen LogP contribution in [0.25, 0.3) is 33.3 Å². The summed E-state index contributed by atoms with van der Waals surface area (Å²) in [5.74, 6) is -0.138. The van der Waals surface area contributed by atoms with Crippen molar-refractivity contribution in [3.8, 4) is 28.1 Å². The van der Waals surface area contributed by atoms with Crippen molar-refractivity contribution in [2.75, 3.05) is 31.1 Å². The molecule has 38 heavy (non-hydrogen) atoms. The Morgan fingerprint density at radius 1 is 1.08 bits per heavy atom. The third-order valence-electron chi connectivity index (χ3n) is 7.04. The fourth-order valence-electron chi connectivity index (χ4n) is 5.11. The maximum absolute atomic E-state index is 14.9. The Morgan fingerprint density at radius 2 is 1.84 bits per heavy atom. The van der Waals surface area contributed by atoms with E-state index in [1.54, 1.807) is 11.8 Å². The first-order valence-corrected chi connectivity index (χ1v) is 12.8. The minimum Gasteiger partial charge on any atom is -0.507 e. The quantitative estimate of drug-likeness (QED) is 0.354. The molecule has 1 fully saturated rings. The van der Waals surface area contributed by atoms with E-state index in [-0.39, 0.29) is 17.2 Å². The minimum absolute atomic E-state index is 0.0909. The van der Waals surface area contributed by atoms with E-state index in [1.165, 1.54) is 24.3 Å². The Morgan fingerprint density at radius 3 is 2.55 bits per heavy atom. The van der Waals surface area contributed by atoms with Gasteiger partial charge in [0.05, 0.1) is 5.56 Å². The van der Waals surface area contributed by atoms with Gasteiger partial charge in [-0.05, 0) is 43.2 Å². The summed E-state index contributed by atoms with van der Waals surface area (Å²) in [6.07, 6.45) is 3.18.